The number of esters is 1. The second-order valence-corrected chi connectivity index (χ2v) is 6.34. The number of benzene rings is 1. The molecule has 0 saturated carbocycles. The molecule has 1 aliphatic heterocycles. The zero-order chi connectivity index (χ0) is 19.1. The van der Waals surface area contributed by atoms with Crippen molar-refractivity contribution in [2.75, 3.05) is 39.6 Å². The SMILES string of the molecule is COC(=O)c1cccc(N/C=C(/C#N)C(=O)N(C)C2CCN(C)CC2)c1. The average Bonchev–Trinajstić information content (AvgIpc) is 2.67. The van der Waals surface area contributed by atoms with Crippen LogP contribution in [0.4, 0.5) is 5.69 Å². The van der Waals surface area contributed by atoms with Crippen LogP contribution in [0.5, 0.6) is 0 Å². The Morgan fingerprint density at radius 2 is 2.08 bits per heavy atom. The van der Waals surface area contributed by atoms with Crippen LogP contribution in [0.3, 0.4) is 0 Å². The molecule has 1 aliphatic rings. The first kappa shape index (κ1) is 19.5. The minimum atomic E-state index is -0.448. The fourth-order valence-electron chi connectivity index (χ4n) is 2.89. The lowest BCUT2D eigenvalue weighted by Crippen LogP contribution is -2.44. The van der Waals surface area contributed by atoms with Crippen LogP contribution >= 0.6 is 0 Å². The third-order valence-electron chi connectivity index (χ3n) is 4.57. The lowest BCUT2D eigenvalue weighted by Gasteiger charge is -2.34. The first-order chi connectivity index (χ1) is 12.5. The van der Waals surface area contributed by atoms with E-state index in [9.17, 15) is 14.9 Å². The molecule has 1 N–H and O–H groups in total. The van der Waals surface area contributed by atoms with Gasteiger partial charge in [-0.15, -0.1) is 0 Å². The number of carbonyl (C=O) groups is 2. The molecule has 1 heterocycles. The molecular formula is C19H24N4O3. The highest BCUT2D eigenvalue weighted by Gasteiger charge is 2.25. The molecule has 2 rings (SSSR count). The maximum absolute atomic E-state index is 12.6. The molecule has 0 atom stereocenters. The van der Waals surface area contributed by atoms with Crippen LogP contribution in [0, 0.1) is 11.3 Å². The predicted molar refractivity (Wildman–Crippen MR) is 98.4 cm³/mol. The molecular weight excluding hydrogens is 332 g/mol. The number of hydrogen-bond donors (Lipinski definition) is 1. The van der Waals surface area contributed by atoms with Gasteiger partial charge in [0.15, 0.2) is 0 Å². The lowest BCUT2D eigenvalue weighted by molar-refractivity contribution is -0.128. The van der Waals surface area contributed by atoms with Gasteiger partial charge < -0.3 is 19.9 Å². The van der Waals surface area contributed by atoms with E-state index in [4.69, 9.17) is 0 Å². The van der Waals surface area contributed by atoms with Gasteiger partial charge in [0.2, 0.25) is 0 Å². The van der Waals surface area contributed by atoms with Crippen LogP contribution < -0.4 is 5.32 Å². The molecule has 138 valence electrons. The number of likely N-dealkylation sites (N-methyl/N-ethyl adjacent to an activating group) is 1. The minimum absolute atomic E-state index is 0.0231. The Morgan fingerprint density at radius 3 is 2.69 bits per heavy atom. The number of piperidine rings is 1. The van der Waals surface area contributed by atoms with Crippen LogP contribution in [0.2, 0.25) is 0 Å². The van der Waals surface area contributed by atoms with Crippen LogP contribution in [-0.4, -0.2) is 62.0 Å². The number of nitrogens with one attached hydrogen (secondary N) is 1. The van der Waals surface area contributed by atoms with Crippen molar-refractivity contribution in [2.24, 2.45) is 0 Å². The summed E-state index contributed by atoms with van der Waals surface area (Å²) >= 11 is 0. The third-order valence-corrected chi connectivity index (χ3v) is 4.57. The average molecular weight is 356 g/mol. The summed E-state index contributed by atoms with van der Waals surface area (Å²) in [6, 6.07) is 8.76. The summed E-state index contributed by atoms with van der Waals surface area (Å²) < 4.78 is 4.68. The Balaban J connectivity index is 2.06. The van der Waals surface area contributed by atoms with E-state index in [1.807, 2.05) is 6.07 Å². The molecule has 26 heavy (non-hydrogen) atoms. The molecule has 1 amide bonds. The zero-order valence-electron chi connectivity index (χ0n) is 15.4. The number of nitriles is 1. The van der Waals surface area contributed by atoms with E-state index in [2.05, 4.69) is 22.0 Å². The fraction of sp³-hybridized carbons (Fsp3) is 0.421. The topological polar surface area (TPSA) is 85.7 Å². The van der Waals surface area contributed by atoms with E-state index < -0.39 is 5.97 Å². The van der Waals surface area contributed by atoms with Crippen molar-refractivity contribution < 1.29 is 14.3 Å². The second kappa shape index (κ2) is 9.02. The number of likely N-dealkylation sites (tertiary alicyclic amines) is 1. The number of rotatable bonds is 5. The van der Waals surface area contributed by atoms with Gasteiger partial charge in [-0.2, -0.15) is 5.26 Å². The highest BCUT2D eigenvalue weighted by atomic mass is 16.5. The van der Waals surface area contributed by atoms with Crippen molar-refractivity contribution in [3.8, 4) is 6.07 Å². The Morgan fingerprint density at radius 1 is 1.38 bits per heavy atom. The highest BCUT2D eigenvalue weighted by molar-refractivity contribution is 5.97. The van der Waals surface area contributed by atoms with Crippen molar-refractivity contribution >= 4 is 17.6 Å². The summed E-state index contributed by atoms with van der Waals surface area (Å²) in [6.45, 7) is 1.87. The van der Waals surface area contributed by atoms with Crippen LogP contribution in [0.15, 0.2) is 36.0 Å². The van der Waals surface area contributed by atoms with Crippen molar-refractivity contribution in [2.45, 2.75) is 18.9 Å². The maximum atomic E-state index is 12.6. The number of methoxy groups -OCH3 is 1. The van der Waals surface area contributed by atoms with Crippen molar-refractivity contribution in [1.82, 2.24) is 9.80 Å². The van der Waals surface area contributed by atoms with Gasteiger partial charge in [0, 0.05) is 25.0 Å². The van der Waals surface area contributed by atoms with Gasteiger partial charge in [-0.3, -0.25) is 4.79 Å². The smallest absolute Gasteiger partial charge is 0.337 e. The summed E-state index contributed by atoms with van der Waals surface area (Å²) in [6.07, 6.45) is 3.17. The highest BCUT2D eigenvalue weighted by Crippen LogP contribution is 2.17. The Kier molecular flexibility index (Phi) is 6.75. The van der Waals surface area contributed by atoms with Gasteiger partial charge in [0.05, 0.1) is 12.7 Å². The molecule has 0 radical (unpaired) electrons. The van der Waals surface area contributed by atoms with Crippen LogP contribution in [-0.2, 0) is 9.53 Å². The zero-order valence-corrected chi connectivity index (χ0v) is 15.4. The summed E-state index contributed by atoms with van der Waals surface area (Å²) in [4.78, 5) is 28.1. The molecule has 0 spiro atoms. The molecule has 1 aromatic carbocycles. The fourth-order valence-corrected chi connectivity index (χ4v) is 2.89. The summed E-state index contributed by atoms with van der Waals surface area (Å²) in [5.41, 5.74) is 1.00. The molecule has 7 nitrogen and oxygen atoms in total. The molecule has 1 aromatic rings. The standard InChI is InChI=1S/C19H24N4O3/c1-22-9-7-17(8-10-22)23(2)18(24)15(12-20)13-21-16-6-4-5-14(11-16)19(25)26-3/h4-6,11,13,17,21H,7-10H2,1-3H3/b15-13-. The molecule has 1 fully saturated rings. The summed E-state index contributed by atoms with van der Waals surface area (Å²) in [7, 11) is 5.11. The number of carbonyl (C=O) groups excluding carboxylic acids is 2. The molecule has 0 unspecified atom stereocenters. The van der Waals surface area contributed by atoms with Gasteiger partial charge in [-0.25, -0.2) is 4.79 Å². The van der Waals surface area contributed by atoms with Gasteiger partial charge >= 0.3 is 5.97 Å². The Hall–Kier alpha value is -2.85. The number of ether oxygens (including phenoxy) is 1. The van der Waals surface area contributed by atoms with E-state index >= 15 is 0 Å². The van der Waals surface area contributed by atoms with Crippen molar-refractivity contribution in [1.29, 1.82) is 5.26 Å². The molecule has 7 heteroatoms. The van der Waals surface area contributed by atoms with Gasteiger partial charge in [-0.05, 0) is 51.2 Å². The molecule has 1 saturated heterocycles. The summed E-state index contributed by atoms with van der Waals surface area (Å²) in [5.74, 6) is -0.755. The van der Waals surface area contributed by atoms with Gasteiger partial charge in [0.25, 0.3) is 5.91 Å². The third kappa shape index (κ3) is 4.83. The monoisotopic (exact) mass is 356 g/mol. The second-order valence-electron chi connectivity index (χ2n) is 6.34. The maximum Gasteiger partial charge on any atom is 0.337 e. The summed E-state index contributed by atoms with van der Waals surface area (Å²) in [5, 5.41) is 12.3. The van der Waals surface area contributed by atoms with Crippen molar-refractivity contribution in [3.05, 3.63) is 41.6 Å². The number of anilines is 1. The molecule has 0 bridgehead atoms. The van der Waals surface area contributed by atoms with E-state index in [1.165, 1.54) is 13.3 Å². The first-order valence-corrected chi connectivity index (χ1v) is 8.47. The van der Waals surface area contributed by atoms with Crippen molar-refractivity contribution in [3.63, 3.8) is 0 Å². The van der Waals surface area contributed by atoms with E-state index in [1.54, 1.807) is 36.2 Å². The normalized spacial score (nSPS) is 15.8. The minimum Gasteiger partial charge on any atom is -0.465 e. The first-order valence-electron chi connectivity index (χ1n) is 8.47. The number of hydrogen-bond acceptors (Lipinski definition) is 6. The Labute approximate surface area is 153 Å². The molecule has 0 aromatic heterocycles. The van der Waals surface area contributed by atoms with E-state index in [0.717, 1.165) is 25.9 Å². The van der Waals surface area contributed by atoms with Gasteiger partial charge in [0.1, 0.15) is 11.6 Å². The van der Waals surface area contributed by atoms with E-state index in [0.29, 0.717) is 11.3 Å². The number of amides is 1. The Bertz CT molecular complexity index is 731. The number of nitrogens with zero attached hydrogens (tertiary/aromatic N) is 3. The lowest BCUT2D eigenvalue weighted by atomic mass is 10.0. The quantitative estimate of drug-likeness (QED) is 0.492. The van der Waals surface area contributed by atoms with Gasteiger partial charge in [-0.1, -0.05) is 6.07 Å². The van der Waals surface area contributed by atoms with Crippen LogP contribution in [0.25, 0.3) is 0 Å². The predicted octanol–water partition coefficient (Wildman–Crippen LogP) is 1.85. The van der Waals surface area contributed by atoms with E-state index in [-0.39, 0.29) is 17.5 Å². The largest absolute Gasteiger partial charge is 0.465 e. The molecule has 0 aliphatic carbocycles. The van der Waals surface area contributed by atoms with Crippen LogP contribution in [0.1, 0.15) is 23.2 Å².